The molecule has 2 fully saturated rings. The Hall–Kier alpha value is -2.09. The van der Waals surface area contributed by atoms with Crippen molar-refractivity contribution in [2.24, 2.45) is 11.7 Å². The fourth-order valence-electron chi connectivity index (χ4n) is 5.75. The number of fused-ring (bicyclic) bond motifs is 4. The molecule has 1 aromatic carbocycles. The minimum Gasteiger partial charge on any atom is -0.365 e. The Bertz CT molecular complexity index is 1030. The fourth-order valence-corrected chi connectivity index (χ4v) is 7.37. The maximum atomic E-state index is 12.6. The van der Waals surface area contributed by atoms with Crippen molar-refractivity contribution in [3.05, 3.63) is 45.3 Å². The summed E-state index contributed by atoms with van der Waals surface area (Å²) in [6, 6.07) is 7.44. The number of carbonyl (C=O) groups excluding carboxylic acids is 2. The molecule has 0 radical (unpaired) electrons. The van der Waals surface area contributed by atoms with Gasteiger partial charge in [-0.1, -0.05) is 18.0 Å². The van der Waals surface area contributed by atoms with Crippen molar-refractivity contribution in [3.8, 4) is 0 Å². The van der Waals surface area contributed by atoms with E-state index in [1.807, 2.05) is 0 Å². The number of rotatable bonds is 5. The number of benzene rings is 1. The van der Waals surface area contributed by atoms with E-state index in [4.69, 9.17) is 17.3 Å². The first kappa shape index (κ1) is 20.8. The van der Waals surface area contributed by atoms with Crippen molar-refractivity contribution >= 4 is 45.6 Å². The molecular formula is C23H28ClN4O2S+. The zero-order chi connectivity index (χ0) is 21.8. The molecule has 5 rings (SSSR count). The standard InChI is InChI=1S/C23H27ClN4O2S/c1-28(12-13-3-2-4-13)16-9-10-18(28)20-17(11-16)19(21(25)29)22(31-20)27-23(30)26-15-7-5-14(24)6-8-15/h5-8,13,16,18H,2-4,9-12H2,1H3,(H3-,25,26,27,29,30)/p+1. The van der Waals surface area contributed by atoms with Crippen molar-refractivity contribution in [1.29, 1.82) is 0 Å². The summed E-state index contributed by atoms with van der Waals surface area (Å²) in [6.45, 7) is 1.22. The Morgan fingerprint density at radius 3 is 2.55 bits per heavy atom. The summed E-state index contributed by atoms with van der Waals surface area (Å²) in [6.07, 6.45) is 7.23. The second kappa shape index (κ2) is 7.80. The van der Waals surface area contributed by atoms with Gasteiger partial charge in [-0.15, -0.1) is 11.3 Å². The maximum absolute atomic E-state index is 12.6. The largest absolute Gasteiger partial charge is 0.365 e. The van der Waals surface area contributed by atoms with Crippen LogP contribution in [0.25, 0.3) is 0 Å². The molecule has 2 aliphatic heterocycles. The van der Waals surface area contributed by atoms with E-state index >= 15 is 0 Å². The Morgan fingerprint density at radius 1 is 1.16 bits per heavy atom. The zero-order valence-corrected chi connectivity index (χ0v) is 19.2. The van der Waals surface area contributed by atoms with Crippen LogP contribution < -0.4 is 16.4 Å². The normalized spacial score (nSPS) is 26.8. The van der Waals surface area contributed by atoms with Crippen LogP contribution in [0.1, 0.15) is 58.9 Å². The smallest absolute Gasteiger partial charge is 0.324 e. The summed E-state index contributed by atoms with van der Waals surface area (Å²) in [7, 11) is 2.40. The molecule has 1 aromatic heterocycles. The average molecular weight is 460 g/mol. The van der Waals surface area contributed by atoms with E-state index in [1.54, 1.807) is 24.3 Å². The van der Waals surface area contributed by atoms with Crippen LogP contribution in [0.15, 0.2) is 24.3 Å². The summed E-state index contributed by atoms with van der Waals surface area (Å²) in [5, 5.41) is 6.85. The number of nitrogens with zero attached hydrogens (tertiary/aromatic N) is 1. The fraction of sp³-hybridized carbons (Fsp3) is 0.478. The Morgan fingerprint density at radius 2 is 1.90 bits per heavy atom. The third kappa shape index (κ3) is 3.62. The number of quaternary nitrogens is 1. The van der Waals surface area contributed by atoms with Gasteiger partial charge < -0.3 is 15.5 Å². The lowest BCUT2D eigenvalue weighted by molar-refractivity contribution is -0.954. The summed E-state index contributed by atoms with van der Waals surface area (Å²) in [5.74, 6) is 0.363. The summed E-state index contributed by atoms with van der Waals surface area (Å²) < 4.78 is 1.08. The third-order valence-electron chi connectivity index (χ3n) is 7.55. The first-order chi connectivity index (χ1) is 14.8. The Balaban J connectivity index is 1.41. The molecule has 3 unspecified atom stereocenters. The van der Waals surface area contributed by atoms with Gasteiger partial charge in [0.25, 0.3) is 5.91 Å². The van der Waals surface area contributed by atoms with E-state index in [0.717, 1.165) is 28.8 Å². The molecule has 4 N–H and O–H groups in total. The van der Waals surface area contributed by atoms with E-state index in [2.05, 4.69) is 17.7 Å². The highest BCUT2D eigenvalue weighted by atomic mass is 35.5. The summed E-state index contributed by atoms with van der Waals surface area (Å²) in [4.78, 5) is 26.3. The number of thiophene rings is 1. The van der Waals surface area contributed by atoms with Gasteiger partial charge in [0.1, 0.15) is 11.0 Å². The predicted octanol–water partition coefficient (Wildman–Crippen LogP) is 5.15. The molecule has 1 aliphatic carbocycles. The number of hydrogen-bond donors (Lipinski definition) is 3. The van der Waals surface area contributed by atoms with Crippen molar-refractivity contribution in [1.82, 2.24) is 0 Å². The molecule has 31 heavy (non-hydrogen) atoms. The number of carbonyl (C=O) groups is 2. The van der Waals surface area contributed by atoms with Gasteiger partial charge in [0.2, 0.25) is 0 Å². The van der Waals surface area contributed by atoms with Crippen LogP contribution in [0.5, 0.6) is 0 Å². The van der Waals surface area contributed by atoms with Crippen LogP contribution in [-0.4, -0.2) is 36.1 Å². The Kier molecular flexibility index (Phi) is 5.23. The SMILES string of the molecule is C[N+]1(CC2CCC2)C2CCC1c1sc(NC(=O)Nc3ccc(Cl)cc3)c(C(N)=O)c1C2. The number of urea groups is 1. The topological polar surface area (TPSA) is 84.2 Å². The van der Waals surface area contributed by atoms with Gasteiger partial charge >= 0.3 is 6.03 Å². The molecule has 2 bridgehead atoms. The van der Waals surface area contributed by atoms with Gasteiger partial charge in [-0.05, 0) is 42.7 Å². The lowest BCUT2D eigenvalue weighted by Crippen LogP contribution is -2.55. The molecule has 164 valence electrons. The lowest BCUT2D eigenvalue weighted by atomic mass is 9.83. The van der Waals surface area contributed by atoms with Gasteiger partial charge in [0, 0.05) is 35.9 Å². The number of nitrogens with two attached hydrogens (primary N) is 1. The number of hydrogen-bond acceptors (Lipinski definition) is 3. The number of amides is 3. The van der Waals surface area contributed by atoms with Crippen LogP contribution in [0.3, 0.4) is 0 Å². The van der Waals surface area contributed by atoms with Gasteiger partial charge in [0.15, 0.2) is 0 Å². The quantitative estimate of drug-likeness (QED) is 0.540. The predicted molar refractivity (Wildman–Crippen MR) is 125 cm³/mol. The van der Waals surface area contributed by atoms with Gasteiger partial charge in [-0.25, -0.2) is 4.79 Å². The average Bonchev–Trinajstić information content (AvgIpc) is 3.12. The highest BCUT2D eigenvalue weighted by molar-refractivity contribution is 7.17. The van der Waals surface area contributed by atoms with Crippen LogP contribution >= 0.6 is 22.9 Å². The van der Waals surface area contributed by atoms with E-state index in [1.165, 1.54) is 48.4 Å². The van der Waals surface area contributed by atoms with E-state index in [-0.39, 0.29) is 6.03 Å². The number of nitrogens with one attached hydrogen (secondary N) is 2. The van der Waals surface area contributed by atoms with Crippen LogP contribution in [0.4, 0.5) is 15.5 Å². The highest BCUT2D eigenvalue weighted by Crippen LogP contribution is 2.54. The molecule has 0 spiro atoms. The van der Waals surface area contributed by atoms with Crippen molar-refractivity contribution in [2.45, 2.75) is 50.6 Å². The molecule has 8 heteroatoms. The summed E-state index contributed by atoms with van der Waals surface area (Å²) >= 11 is 7.45. The molecule has 1 saturated heterocycles. The first-order valence-corrected chi connectivity index (χ1v) is 12.2. The van der Waals surface area contributed by atoms with Crippen LogP contribution in [0, 0.1) is 5.92 Å². The van der Waals surface area contributed by atoms with E-state index in [0.29, 0.717) is 33.4 Å². The van der Waals surface area contributed by atoms with E-state index < -0.39 is 5.91 Å². The molecule has 3 heterocycles. The summed E-state index contributed by atoms with van der Waals surface area (Å²) in [5.41, 5.74) is 7.99. The Labute approximate surface area is 191 Å². The molecule has 1 saturated carbocycles. The number of likely N-dealkylation sites (N-methyl/N-ethyl adjacent to an activating group) is 1. The molecule has 3 atom stereocenters. The van der Waals surface area contributed by atoms with Crippen molar-refractivity contribution in [3.63, 3.8) is 0 Å². The van der Waals surface area contributed by atoms with Gasteiger partial charge in [-0.3, -0.25) is 10.1 Å². The first-order valence-electron chi connectivity index (χ1n) is 11.0. The monoisotopic (exact) mass is 459 g/mol. The van der Waals surface area contributed by atoms with Crippen LogP contribution in [0.2, 0.25) is 5.02 Å². The van der Waals surface area contributed by atoms with Crippen molar-refractivity contribution in [2.75, 3.05) is 24.2 Å². The molecular weight excluding hydrogens is 432 g/mol. The molecule has 3 aliphatic rings. The second-order valence-corrected chi connectivity index (χ2v) is 10.9. The minimum absolute atomic E-state index is 0.389. The molecule has 2 aromatic rings. The molecule has 3 amide bonds. The third-order valence-corrected chi connectivity index (χ3v) is 9.05. The van der Waals surface area contributed by atoms with Gasteiger partial charge in [-0.2, -0.15) is 0 Å². The number of primary amides is 1. The number of anilines is 2. The van der Waals surface area contributed by atoms with E-state index in [9.17, 15) is 9.59 Å². The number of halogens is 1. The zero-order valence-electron chi connectivity index (χ0n) is 17.6. The molecule has 6 nitrogen and oxygen atoms in total. The second-order valence-electron chi connectivity index (χ2n) is 9.38. The minimum atomic E-state index is -0.464. The highest BCUT2D eigenvalue weighted by Gasteiger charge is 2.54. The maximum Gasteiger partial charge on any atom is 0.324 e. The van der Waals surface area contributed by atoms with Crippen LogP contribution in [-0.2, 0) is 6.42 Å². The van der Waals surface area contributed by atoms with Gasteiger partial charge in [0.05, 0.1) is 30.1 Å². The lowest BCUT2D eigenvalue weighted by Gasteiger charge is -2.47. The van der Waals surface area contributed by atoms with Crippen molar-refractivity contribution < 1.29 is 14.1 Å².